The van der Waals surface area contributed by atoms with Gasteiger partial charge in [-0.15, -0.1) is 0 Å². The van der Waals surface area contributed by atoms with Crippen LogP contribution in [-0.4, -0.2) is 16.1 Å². The van der Waals surface area contributed by atoms with Gasteiger partial charge < -0.3 is 4.74 Å². The lowest BCUT2D eigenvalue weighted by atomic mass is 10.1. The highest BCUT2D eigenvalue weighted by atomic mass is 35.5. The van der Waals surface area contributed by atoms with E-state index in [2.05, 4.69) is 9.97 Å². The molecule has 2 aromatic rings. The Balaban J connectivity index is 2.42. The SMILES string of the molecule is CCc1ncnc(-c2ccc(OC(C)C)c(F)c2)c1Cl. The number of halogens is 2. The number of rotatable bonds is 4. The number of aromatic nitrogens is 2. The van der Waals surface area contributed by atoms with Gasteiger partial charge in [0.25, 0.3) is 0 Å². The predicted octanol–water partition coefficient (Wildman–Crippen LogP) is 4.29. The second-order valence-corrected chi connectivity index (χ2v) is 5.03. The topological polar surface area (TPSA) is 35.0 Å². The third-order valence-electron chi connectivity index (χ3n) is 2.76. The van der Waals surface area contributed by atoms with Gasteiger partial charge in [-0.25, -0.2) is 14.4 Å². The lowest BCUT2D eigenvalue weighted by molar-refractivity contribution is 0.231. The van der Waals surface area contributed by atoms with Crippen LogP contribution in [0.1, 0.15) is 26.5 Å². The Bertz CT molecular complexity index is 617. The molecule has 5 heteroatoms. The number of aryl methyl sites for hydroxylation is 1. The molecule has 3 nitrogen and oxygen atoms in total. The average Bonchev–Trinajstić information content (AvgIpc) is 2.41. The number of benzene rings is 1. The fraction of sp³-hybridized carbons (Fsp3) is 0.333. The molecule has 0 aliphatic heterocycles. The highest BCUT2D eigenvalue weighted by Crippen LogP contribution is 2.30. The number of ether oxygens (including phenoxy) is 1. The quantitative estimate of drug-likeness (QED) is 0.844. The van der Waals surface area contributed by atoms with E-state index >= 15 is 0 Å². The van der Waals surface area contributed by atoms with E-state index in [1.807, 2.05) is 20.8 Å². The highest BCUT2D eigenvalue weighted by molar-refractivity contribution is 6.33. The molecule has 0 N–H and O–H groups in total. The van der Waals surface area contributed by atoms with Crippen LogP contribution in [0.5, 0.6) is 5.75 Å². The molecule has 0 saturated carbocycles. The summed E-state index contributed by atoms with van der Waals surface area (Å²) in [6, 6.07) is 4.72. The zero-order chi connectivity index (χ0) is 14.7. The van der Waals surface area contributed by atoms with Gasteiger partial charge >= 0.3 is 0 Å². The smallest absolute Gasteiger partial charge is 0.165 e. The molecule has 1 aromatic heterocycles. The van der Waals surface area contributed by atoms with Crippen LogP contribution in [0.25, 0.3) is 11.3 Å². The summed E-state index contributed by atoms with van der Waals surface area (Å²) in [5, 5.41) is 0.465. The molecular formula is C15H16ClFN2O. The first kappa shape index (κ1) is 14.7. The average molecular weight is 295 g/mol. The Labute approximate surface area is 122 Å². The second kappa shape index (κ2) is 6.18. The molecule has 0 fully saturated rings. The summed E-state index contributed by atoms with van der Waals surface area (Å²) >= 11 is 6.24. The molecule has 0 spiro atoms. The summed E-state index contributed by atoms with van der Waals surface area (Å²) in [5.74, 6) is -0.200. The van der Waals surface area contributed by atoms with Crippen molar-refractivity contribution in [3.8, 4) is 17.0 Å². The summed E-state index contributed by atoms with van der Waals surface area (Å²) in [6.07, 6.45) is 2.06. The summed E-state index contributed by atoms with van der Waals surface area (Å²) in [4.78, 5) is 8.24. The van der Waals surface area contributed by atoms with Crippen LogP contribution in [0.2, 0.25) is 5.02 Å². The molecular weight excluding hydrogens is 279 g/mol. The van der Waals surface area contributed by atoms with Gasteiger partial charge in [0, 0.05) is 5.56 Å². The molecule has 0 radical (unpaired) electrons. The Kier molecular flexibility index (Phi) is 4.55. The van der Waals surface area contributed by atoms with E-state index in [1.54, 1.807) is 12.1 Å². The van der Waals surface area contributed by atoms with Crippen molar-refractivity contribution in [3.05, 3.63) is 41.1 Å². The molecule has 2 rings (SSSR count). The summed E-state index contributed by atoms with van der Waals surface area (Å²) < 4.78 is 19.4. The first-order valence-electron chi connectivity index (χ1n) is 6.48. The van der Waals surface area contributed by atoms with Gasteiger partial charge in [0.1, 0.15) is 6.33 Å². The maximum atomic E-state index is 14.0. The Morgan fingerprint density at radius 1 is 1.30 bits per heavy atom. The van der Waals surface area contributed by atoms with Crippen LogP contribution < -0.4 is 4.74 Å². The Hall–Kier alpha value is -1.68. The van der Waals surface area contributed by atoms with Crippen molar-refractivity contribution in [2.75, 3.05) is 0 Å². The van der Waals surface area contributed by atoms with Crippen LogP contribution >= 0.6 is 11.6 Å². The minimum Gasteiger partial charge on any atom is -0.488 e. The van der Waals surface area contributed by atoms with Gasteiger partial charge in [-0.3, -0.25) is 0 Å². The zero-order valence-corrected chi connectivity index (χ0v) is 12.4. The summed E-state index contributed by atoms with van der Waals surface area (Å²) in [7, 11) is 0. The lowest BCUT2D eigenvalue weighted by Crippen LogP contribution is -2.07. The van der Waals surface area contributed by atoms with Crippen molar-refractivity contribution in [2.45, 2.75) is 33.3 Å². The van der Waals surface area contributed by atoms with E-state index < -0.39 is 5.82 Å². The molecule has 1 aromatic carbocycles. The van der Waals surface area contributed by atoms with Crippen molar-refractivity contribution in [2.24, 2.45) is 0 Å². The first-order valence-corrected chi connectivity index (χ1v) is 6.86. The summed E-state index contributed by atoms with van der Waals surface area (Å²) in [6.45, 7) is 5.66. The van der Waals surface area contributed by atoms with Gasteiger partial charge in [-0.05, 0) is 38.5 Å². The van der Waals surface area contributed by atoms with Gasteiger partial charge in [0.15, 0.2) is 11.6 Å². The molecule has 20 heavy (non-hydrogen) atoms. The standard InChI is InChI=1S/C15H16ClFN2O/c1-4-12-14(16)15(19-8-18-12)10-5-6-13(11(17)7-10)20-9(2)3/h5-9H,4H2,1-3H3. The summed E-state index contributed by atoms with van der Waals surface area (Å²) in [5.41, 5.74) is 1.90. The second-order valence-electron chi connectivity index (χ2n) is 4.65. The monoisotopic (exact) mass is 294 g/mol. The van der Waals surface area contributed by atoms with Crippen LogP contribution in [0.4, 0.5) is 4.39 Å². The fourth-order valence-corrected chi connectivity index (χ4v) is 2.19. The number of nitrogens with zero attached hydrogens (tertiary/aromatic N) is 2. The van der Waals surface area contributed by atoms with Crippen molar-refractivity contribution >= 4 is 11.6 Å². The normalized spacial score (nSPS) is 10.9. The molecule has 0 unspecified atom stereocenters. The molecule has 106 valence electrons. The number of hydrogen-bond acceptors (Lipinski definition) is 3. The molecule has 0 aliphatic carbocycles. The first-order chi connectivity index (χ1) is 9.52. The third-order valence-corrected chi connectivity index (χ3v) is 3.16. The van der Waals surface area contributed by atoms with Crippen molar-refractivity contribution in [3.63, 3.8) is 0 Å². The molecule has 0 saturated heterocycles. The third kappa shape index (κ3) is 3.07. The van der Waals surface area contributed by atoms with E-state index in [0.29, 0.717) is 22.7 Å². The van der Waals surface area contributed by atoms with Crippen molar-refractivity contribution in [1.82, 2.24) is 9.97 Å². The van der Waals surface area contributed by atoms with Gasteiger partial charge in [0.2, 0.25) is 0 Å². The van der Waals surface area contributed by atoms with Crippen LogP contribution in [0.15, 0.2) is 24.5 Å². The molecule has 0 bridgehead atoms. The fourth-order valence-electron chi connectivity index (χ4n) is 1.85. The Morgan fingerprint density at radius 2 is 2.05 bits per heavy atom. The highest BCUT2D eigenvalue weighted by Gasteiger charge is 2.13. The van der Waals surface area contributed by atoms with Gasteiger partial charge in [-0.1, -0.05) is 18.5 Å². The number of hydrogen-bond donors (Lipinski definition) is 0. The van der Waals surface area contributed by atoms with Crippen molar-refractivity contribution < 1.29 is 9.13 Å². The lowest BCUT2D eigenvalue weighted by Gasteiger charge is -2.12. The molecule has 0 atom stereocenters. The minimum absolute atomic E-state index is 0.0790. The van der Waals surface area contributed by atoms with Crippen LogP contribution in [-0.2, 0) is 6.42 Å². The van der Waals surface area contributed by atoms with Gasteiger partial charge in [-0.2, -0.15) is 0 Å². The minimum atomic E-state index is -0.427. The predicted molar refractivity (Wildman–Crippen MR) is 77.6 cm³/mol. The Morgan fingerprint density at radius 3 is 2.65 bits per heavy atom. The van der Waals surface area contributed by atoms with E-state index in [-0.39, 0.29) is 11.9 Å². The van der Waals surface area contributed by atoms with E-state index in [0.717, 1.165) is 5.69 Å². The molecule has 0 amide bonds. The zero-order valence-electron chi connectivity index (χ0n) is 11.7. The maximum Gasteiger partial charge on any atom is 0.165 e. The molecule has 1 heterocycles. The van der Waals surface area contributed by atoms with Crippen molar-refractivity contribution in [1.29, 1.82) is 0 Å². The van der Waals surface area contributed by atoms with Crippen LogP contribution in [0.3, 0.4) is 0 Å². The van der Waals surface area contributed by atoms with E-state index in [4.69, 9.17) is 16.3 Å². The van der Waals surface area contributed by atoms with Crippen LogP contribution in [0, 0.1) is 5.82 Å². The van der Waals surface area contributed by atoms with Gasteiger partial charge in [0.05, 0.1) is 22.5 Å². The largest absolute Gasteiger partial charge is 0.488 e. The van der Waals surface area contributed by atoms with E-state index in [9.17, 15) is 4.39 Å². The van der Waals surface area contributed by atoms with E-state index in [1.165, 1.54) is 12.4 Å². The molecule has 0 aliphatic rings. The maximum absolute atomic E-state index is 14.0.